The quantitative estimate of drug-likeness (QED) is 0.494. The number of benzene rings is 1. The maximum atomic E-state index is 13.6. The molecule has 0 bridgehead atoms. The second kappa shape index (κ2) is 11.3. The van der Waals surface area contributed by atoms with Crippen LogP contribution >= 0.6 is 0 Å². The summed E-state index contributed by atoms with van der Waals surface area (Å²) >= 11 is 0. The predicted octanol–water partition coefficient (Wildman–Crippen LogP) is 1.97. The average Bonchev–Trinajstić information content (AvgIpc) is 3.33. The van der Waals surface area contributed by atoms with Gasteiger partial charge in [-0.15, -0.1) is 0 Å². The van der Waals surface area contributed by atoms with E-state index in [-0.39, 0.29) is 35.4 Å². The first-order chi connectivity index (χ1) is 16.9. The molecule has 1 aliphatic rings. The van der Waals surface area contributed by atoms with E-state index in [1.165, 1.54) is 4.57 Å². The molecule has 186 valence electrons. The zero-order valence-corrected chi connectivity index (χ0v) is 20.3. The van der Waals surface area contributed by atoms with Crippen LogP contribution in [0.4, 0.5) is 0 Å². The van der Waals surface area contributed by atoms with Gasteiger partial charge < -0.3 is 19.3 Å². The standard InChI is InChI=1S/C25H31N5O5/c1-17(2)26-22(31)16-30-21(18-5-4-6-19(15-18)33-3)8-7-20(25(30)32)24-27-23(35-28-24)9-10-29-11-13-34-14-12-29/h4-8,15,17H,9-14,16H2,1-3H3,(H,26,31). The fourth-order valence-corrected chi connectivity index (χ4v) is 4.00. The minimum atomic E-state index is -0.371. The van der Waals surface area contributed by atoms with Crippen molar-refractivity contribution >= 4 is 5.91 Å². The number of pyridine rings is 1. The summed E-state index contributed by atoms with van der Waals surface area (Å²) in [6.07, 6.45) is 0.583. The van der Waals surface area contributed by atoms with Gasteiger partial charge in [-0.2, -0.15) is 4.98 Å². The Balaban J connectivity index is 1.64. The molecule has 3 aromatic rings. The summed E-state index contributed by atoms with van der Waals surface area (Å²) < 4.78 is 17.6. The number of carbonyl (C=O) groups excluding carboxylic acids is 1. The lowest BCUT2D eigenvalue weighted by Gasteiger charge is -2.25. The molecular formula is C25H31N5O5. The topological polar surface area (TPSA) is 112 Å². The van der Waals surface area contributed by atoms with Crippen LogP contribution < -0.4 is 15.6 Å². The van der Waals surface area contributed by atoms with Crippen LogP contribution in [0.5, 0.6) is 5.75 Å². The Morgan fingerprint density at radius 2 is 2.00 bits per heavy atom. The van der Waals surface area contributed by atoms with Crippen molar-refractivity contribution in [2.45, 2.75) is 32.9 Å². The highest BCUT2D eigenvalue weighted by atomic mass is 16.5. The lowest BCUT2D eigenvalue weighted by molar-refractivity contribution is -0.122. The van der Waals surface area contributed by atoms with Crippen molar-refractivity contribution in [3.63, 3.8) is 0 Å². The van der Waals surface area contributed by atoms with Crippen LogP contribution in [0.1, 0.15) is 19.7 Å². The zero-order chi connectivity index (χ0) is 24.8. The van der Waals surface area contributed by atoms with Gasteiger partial charge in [-0.25, -0.2) is 0 Å². The van der Waals surface area contributed by atoms with Crippen LogP contribution in [0, 0.1) is 0 Å². The van der Waals surface area contributed by atoms with E-state index in [2.05, 4.69) is 20.4 Å². The van der Waals surface area contributed by atoms with Gasteiger partial charge in [0.05, 0.1) is 31.6 Å². The number of methoxy groups -OCH3 is 1. The molecule has 10 nitrogen and oxygen atoms in total. The second-order valence-electron chi connectivity index (χ2n) is 8.69. The number of carbonyl (C=O) groups is 1. The third-order valence-corrected chi connectivity index (χ3v) is 5.75. The van der Waals surface area contributed by atoms with Crippen molar-refractivity contribution in [1.29, 1.82) is 0 Å². The van der Waals surface area contributed by atoms with Crippen LogP contribution in [0.25, 0.3) is 22.6 Å². The fraction of sp³-hybridized carbons (Fsp3) is 0.440. The van der Waals surface area contributed by atoms with E-state index in [0.29, 0.717) is 23.8 Å². The minimum absolute atomic E-state index is 0.0483. The Hall–Kier alpha value is -3.50. The number of hydrogen-bond acceptors (Lipinski definition) is 8. The average molecular weight is 482 g/mol. The summed E-state index contributed by atoms with van der Waals surface area (Å²) in [6.45, 7) is 7.57. The van der Waals surface area contributed by atoms with Crippen LogP contribution in [-0.4, -0.2) is 71.5 Å². The molecule has 0 radical (unpaired) electrons. The first-order valence-electron chi connectivity index (χ1n) is 11.8. The largest absolute Gasteiger partial charge is 0.497 e. The van der Waals surface area contributed by atoms with Gasteiger partial charge in [0.2, 0.25) is 17.6 Å². The molecule has 0 atom stereocenters. The maximum Gasteiger partial charge on any atom is 0.262 e. The summed E-state index contributed by atoms with van der Waals surface area (Å²) in [7, 11) is 1.58. The molecule has 0 unspecified atom stereocenters. The second-order valence-corrected chi connectivity index (χ2v) is 8.69. The van der Waals surface area contributed by atoms with E-state index >= 15 is 0 Å². The SMILES string of the molecule is COc1cccc(-c2ccc(-c3noc(CCN4CCOCC4)n3)c(=O)n2CC(=O)NC(C)C)c1. The van der Waals surface area contributed by atoms with Crippen molar-refractivity contribution in [1.82, 2.24) is 24.9 Å². The Bertz CT molecular complexity index is 1210. The number of morpholine rings is 1. The number of ether oxygens (including phenoxy) is 2. The van der Waals surface area contributed by atoms with Gasteiger partial charge in [0, 0.05) is 37.7 Å². The van der Waals surface area contributed by atoms with Gasteiger partial charge in [-0.3, -0.25) is 19.1 Å². The zero-order valence-electron chi connectivity index (χ0n) is 20.3. The summed E-state index contributed by atoms with van der Waals surface area (Å²) in [4.78, 5) is 32.9. The maximum absolute atomic E-state index is 13.6. The van der Waals surface area contributed by atoms with Crippen LogP contribution in [-0.2, 0) is 22.5 Å². The first-order valence-corrected chi connectivity index (χ1v) is 11.8. The lowest BCUT2D eigenvalue weighted by Crippen LogP contribution is -2.37. The molecule has 0 spiro atoms. The first kappa shape index (κ1) is 24.6. The fourth-order valence-electron chi connectivity index (χ4n) is 4.00. The van der Waals surface area contributed by atoms with Crippen LogP contribution in [0.2, 0.25) is 0 Å². The van der Waals surface area contributed by atoms with E-state index in [4.69, 9.17) is 14.0 Å². The third kappa shape index (κ3) is 6.14. The van der Waals surface area contributed by atoms with Crippen molar-refractivity contribution in [2.24, 2.45) is 0 Å². The van der Waals surface area contributed by atoms with Gasteiger partial charge in [-0.1, -0.05) is 17.3 Å². The molecule has 1 aromatic carbocycles. The Kier molecular flexibility index (Phi) is 7.94. The van der Waals surface area contributed by atoms with E-state index in [9.17, 15) is 9.59 Å². The molecule has 4 rings (SSSR count). The van der Waals surface area contributed by atoms with Gasteiger partial charge in [-0.05, 0) is 38.1 Å². The van der Waals surface area contributed by atoms with Crippen molar-refractivity contribution in [2.75, 3.05) is 40.0 Å². The lowest BCUT2D eigenvalue weighted by atomic mass is 10.1. The number of rotatable bonds is 9. The third-order valence-electron chi connectivity index (χ3n) is 5.75. The molecule has 0 saturated carbocycles. The molecule has 1 fully saturated rings. The van der Waals surface area contributed by atoms with Crippen molar-refractivity contribution in [3.8, 4) is 28.4 Å². The molecule has 35 heavy (non-hydrogen) atoms. The van der Waals surface area contributed by atoms with Crippen molar-refractivity contribution in [3.05, 3.63) is 52.6 Å². The number of nitrogens with one attached hydrogen (secondary N) is 1. The number of nitrogens with zero attached hydrogens (tertiary/aromatic N) is 4. The molecule has 0 aliphatic carbocycles. The summed E-state index contributed by atoms with van der Waals surface area (Å²) in [5.74, 6) is 1.07. The minimum Gasteiger partial charge on any atom is -0.497 e. The summed E-state index contributed by atoms with van der Waals surface area (Å²) in [5, 5.41) is 6.89. The van der Waals surface area contributed by atoms with Gasteiger partial charge >= 0.3 is 0 Å². The molecule has 1 N–H and O–H groups in total. The van der Waals surface area contributed by atoms with Crippen molar-refractivity contribution < 1.29 is 18.8 Å². The highest BCUT2D eigenvalue weighted by Crippen LogP contribution is 2.25. The molecule has 10 heteroatoms. The number of amides is 1. The van der Waals surface area contributed by atoms with Gasteiger partial charge in [0.15, 0.2) is 0 Å². The highest BCUT2D eigenvalue weighted by Gasteiger charge is 2.19. The van der Waals surface area contributed by atoms with Gasteiger partial charge in [0.1, 0.15) is 12.3 Å². The highest BCUT2D eigenvalue weighted by molar-refractivity contribution is 5.77. The molecular weight excluding hydrogens is 450 g/mol. The number of aromatic nitrogens is 3. The van der Waals surface area contributed by atoms with E-state index in [1.54, 1.807) is 19.2 Å². The van der Waals surface area contributed by atoms with Crippen LogP contribution in [0.3, 0.4) is 0 Å². The molecule has 1 amide bonds. The normalized spacial score (nSPS) is 14.3. The monoisotopic (exact) mass is 481 g/mol. The molecule has 1 aliphatic heterocycles. The van der Waals surface area contributed by atoms with E-state index in [0.717, 1.165) is 38.4 Å². The van der Waals surface area contributed by atoms with E-state index < -0.39 is 0 Å². The Morgan fingerprint density at radius 1 is 1.20 bits per heavy atom. The Morgan fingerprint density at radius 3 is 2.74 bits per heavy atom. The van der Waals surface area contributed by atoms with Gasteiger partial charge in [0.25, 0.3) is 5.56 Å². The summed E-state index contributed by atoms with van der Waals surface area (Å²) in [5.41, 5.74) is 1.25. The Labute approximate surface area is 203 Å². The molecule has 1 saturated heterocycles. The molecule has 2 aromatic heterocycles. The summed E-state index contributed by atoms with van der Waals surface area (Å²) in [6, 6.07) is 10.8. The number of hydrogen-bond donors (Lipinski definition) is 1. The predicted molar refractivity (Wildman–Crippen MR) is 130 cm³/mol. The van der Waals surface area contributed by atoms with E-state index in [1.807, 2.05) is 38.1 Å². The molecule has 3 heterocycles. The van der Waals surface area contributed by atoms with Crippen LogP contribution in [0.15, 0.2) is 45.7 Å². The smallest absolute Gasteiger partial charge is 0.262 e.